The van der Waals surface area contributed by atoms with Crippen LogP contribution in [0.1, 0.15) is 35.8 Å². The summed E-state index contributed by atoms with van der Waals surface area (Å²) in [6.45, 7) is 0.189. The molecule has 2 aromatic heterocycles. The van der Waals surface area contributed by atoms with Gasteiger partial charge < -0.3 is 13.7 Å². The molecule has 0 bridgehead atoms. The van der Waals surface area contributed by atoms with E-state index in [2.05, 4.69) is 27.7 Å². The topological polar surface area (TPSA) is 65.5 Å². The molecule has 0 N–H and O–H groups in total. The molecule has 3 rings (SSSR count). The lowest BCUT2D eigenvalue weighted by Crippen LogP contribution is -2.01. The maximum absolute atomic E-state index is 11.6. The van der Waals surface area contributed by atoms with Crippen LogP contribution in [0.15, 0.2) is 33.3 Å². The van der Waals surface area contributed by atoms with Gasteiger partial charge in [-0.25, -0.2) is 4.79 Å². The Morgan fingerprint density at radius 1 is 1.50 bits per heavy atom. The van der Waals surface area contributed by atoms with E-state index in [1.54, 1.807) is 18.3 Å². The van der Waals surface area contributed by atoms with Crippen LogP contribution >= 0.6 is 22.6 Å². The van der Waals surface area contributed by atoms with Crippen LogP contribution in [0.5, 0.6) is 0 Å². The number of hydrogen-bond donors (Lipinski definition) is 0. The highest BCUT2D eigenvalue weighted by molar-refractivity contribution is 14.1. The maximum Gasteiger partial charge on any atom is 0.331 e. The molecule has 2 heterocycles. The van der Waals surface area contributed by atoms with Crippen LogP contribution in [0.4, 0.5) is 0 Å². The van der Waals surface area contributed by atoms with E-state index < -0.39 is 5.97 Å². The Labute approximate surface area is 129 Å². The fourth-order valence-corrected chi connectivity index (χ4v) is 2.26. The van der Waals surface area contributed by atoms with Crippen LogP contribution in [-0.2, 0) is 16.1 Å². The molecular formula is C14H12INO4. The number of halogens is 1. The van der Waals surface area contributed by atoms with Crippen LogP contribution in [0, 0.1) is 3.77 Å². The van der Waals surface area contributed by atoms with E-state index in [0.717, 1.165) is 27.9 Å². The molecule has 20 heavy (non-hydrogen) atoms. The smallest absolute Gasteiger partial charge is 0.331 e. The quantitative estimate of drug-likeness (QED) is 0.448. The number of ether oxygens (including phenoxy) is 1. The van der Waals surface area contributed by atoms with Crippen LogP contribution < -0.4 is 0 Å². The Bertz CT molecular complexity index is 639. The molecule has 0 radical (unpaired) electrons. The minimum Gasteiger partial charge on any atom is -0.457 e. The monoisotopic (exact) mass is 385 g/mol. The Morgan fingerprint density at radius 2 is 2.35 bits per heavy atom. The first-order chi connectivity index (χ1) is 9.72. The van der Waals surface area contributed by atoms with Gasteiger partial charge >= 0.3 is 5.97 Å². The highest BCUT2D eigenvalue weighted by Crippen LogP contribution is 2.41. The van der Waals surface area contributed by atoms with Crippen molar-refractivity contribution in [3.8, 4) is 0 Å². The predicted molar refractivity (Wildman–Crippen MR) is 78.7 cm³/mol. The van der Waals surface area contributed by atoms with Crippen molar-refractivity contribution >= 4 is 34.6 Å². The number of aromatic nitrogens is 1. The van der Waals surface area contributed by atoms with E-state index in [0.29, 0.717) is 11.7 Å². The van der Waals surface area contributed by atoms with E-state index in [1.165, 1.54) is 6.08 Å². The lowest BCUT2D eigenvalue weighted by Gasteiger charge is -2.00. The molecule has 1 aliphatic rings. The van der Waals surface area contributed by atoms with Gasteiger partial charge in [0.2, 0.25) is 0 Å². The van der Waals surface area contributed by atoms with Gasteiger partial charge in [-0.05, 0) is 53.6 Å². The third kappa shape index (κ3) is 3.30. The van der Waals surface area contributed by atoms with Crippen molar-refractivity contribution in [3.05, 3.63) is 45.3 Å². The third-order valence-electron chi connectivity index (χ3n) is 2.97. The van der Waals surface area contributed by atoms with Gasteiger partial charge in [-0.3, -0.25) is 0 Å². The van der Waals surface area contributed by atoms with Gasteiger partial charge in [-0.1, -0.05) is 5.16 Å². The Kier molecular flexibility index (Phi) is 3.90. The maximum atomic E-state index is 11.6. The third-order valence-corrected chi connectivity index (χ3v) is 3.55. The normalized spacial score (nSPS) is 14.8. The number of furan rings is 1. The van der Waals surface area contributed by atoms with Gasteiger partial charge in [-0.15, -0.1) is 0 Å². The zero-order valence-corrected chi connectivity index (χ0v) is 12.7. The Balaban J connectivity index is 1.54. The summed E-state index contributed by atoms with van der Waals surface area (Å²) in [5.41, 5.74) is 0.849. The SMILES string of the molecule is O=C(/C=C/c1ccc(I)o1)OCc1cnoc1C1CC1. The minimum absolute atomic E-state index is 0.189. The summed E-state index contributed by atoms with van der Waals surface area (Å²) in [4.78, 5) is 11.6. The molecule has 6 heteroatoms. The first-order valence-corrected chi connectivity index (χ1v) is 7.34. The Hall–Kier alpha value is -1.57. The zero-order chi connectivity index (χ0) is 13.9. The van der Waals surface area contributed by atoms with E-state index in [-0.39, 0.29) is 6.61 Å². The molecule has 104 valence electrons. The fraction of sp³-hybridized carbons (Fsp3) is 0.286. The fourth-order valence-electron chi connectivity index (χ4n) is 1.82. The highest BCUT2D eigenvalue weighted by atomic mass is 127. The largest absolute Gasteiger partial charge is 0.457 e. The summed E-state index contributed by atoms with van der Waals surface area (Å²) in [5.74, 6) is 1.50. The second-order valence-electron chi connectivity index (χ2n) is 4.57. The number of nitrogens with zero attached hydrogens (tertiary/aromatic N) is 1. The van der Waals surface area contributed by atoms with Gasteiger partial charge in [0.15, 0.2) is 3.77 Å². The lowest BCUT2D eigenvalue weighted by molar-refractivity contribution is -0.138. The second-order valence-corrected chi connectivity index (χ2v) is 5.64. The minimum atomic E-state index is -0.417. The molecule has 1 aliphatic carbocycles. The van der Waals surface area contributed by atoms with E-state index in [1.807, 2.05) is 6.07 Å². The number of carbonyl (C=O) groups excluding carboxylic acids is 1. The zero-order valence-electron chi connectivity index (χ0n) is 10.5. The summed E-state index contributed by atoms with van der Waals surface area (Å²) >= 11 is 2.06. The number of hydrogen-bond acceptors (Lipinski definition) is 5. The summed E-state index contributed by atoms with van der Waals surface area (Å²) in [5, 5.41) is 3.76. The van der Waals surface area contributed by atoms with Crippen LogP contribution in [0.2, 0.25) is 0 Å². The van der Waals surface area contributed by atoms with Gasteiger partial charge in [0.1, 0.15) is 18.1 Å². The molecule has 1 saturated carbocycles. The molecule has 0 aliphatic heterocycles. The predicted octanol–water partition coefficient (Wildman–Crippen LogP) is 3.51. The summed E-state index contributed by atoms with van der Waals surface area (Å²) in [6.07, 6.45) is 6.78. The van der Waals surface area contributed by atoms with Gasteiger partial charge in [0, 0.05) is 12.0 Å². The molecule has 2 aromatic rings. The lowest BCUT2D eigenvalue weighted by atomic mass is 10.2. The summed E-state index contributed by atoms with van der Waals surface area (Å²) in [6, 6.07) is 3.61. The van der Waals surface area contributed by atoms with Crippen molar-refractivity contribution in [3.63, 3.8) is 0 Å². The van der Waals surface area contributed by atoms with E-state index in [4.69, 9.17) is 13.7 Å². The van der Waals surface area contributed by atoms with Gasteiger partial charge in [0.25, 0.3) is 0 Å². The van der Waals surface area contributed by atoms with E-state index in [9.17, 15) is 4.79 Å². The van der Waals surface area contributed by atoms with E-state index >= 15 is 0 Å². The number of carbonyl (C=O) groups is 1. The van der Waals surface area contributed by atoms with Crippen LogP contribution in [0.25, 0.3) is 6.08 Å². The molecule has 0 atom stereocenters. The highest BCUT2D eigenvalue weighted by Gasteiger charge is 2.30. The van der Waals surface area contributed by atoms with Crippen molar-refractivity contribution in [2.45, 2.75) is 25.4 Å². The van der Waals surface area contributed by atoms with Crippen molar-refractivity contribution in [2.75, 3.05) is 0 Å². The second kappa shape index (κ2) is 5.82. The number of esters is 1. The van der Waals surface area contributed by atoms with Crippen LogP contribution in [-0.4, -0.2) is 11.1 Å². The Morgan fingerprint density at radius 3 is 3.05 bits per heavy atom. The molecule has 5 nitrogen and oxygen atoms in total. The molecular weight excluding hydrogens is 373 g/mol. The van der Waals surface area contributed by atoms with Crippen molar-refractivity contribution < 1.29 is 18.5 Å². The standard InChI is InChI=1S/C14H12INO4/c15-12-5-3-11(19-12)4-6-13(17)18-8-10-7-16-20-14(10)9-1-2-9/h3-7,9H,1-2,8H2/b6-4+. The van der Waals surface area contributed by atoms with Crippen molar-refractivity contribution in [2.24, 2.45) is 0 Å². The van der Waals surface area contributed by atoms with Crippen molar-refractivity contribution in [1.82, 2.24) is 5.16 Å². The summed E-state index contributed by atoms with van der Waals surface area (Å²) in [7, 11) is 0. The molecule has 0 saturated heterocycles. The molecule has 0 aromatic carbocycles. The molecule has 0 amide bonds. The first-order valence-electron chi connectivity index (χ1n) is 6.26. The van der Waals surface area contributed by atoms with Gasteiger partial charge in [0.05, 0.1) is 11.8 Å². The molecule has 0 spiro atoms. The molecule has 0 unspecified atom stereocenters. The average Bonchev–Trinajstić information content (AvgIpc) is 3.03. The summed E-state index contributed by atoms with van der Waals surface area (Å²) < 4.78 is 16.4. The average molecular weight is 385 g/mol. The van der Waals surface area contributed by atoms with Crippen LogP contribution in [0.3, 0.4) is 0 Å². The first kappa shape index (κ1) is 13.4. The van der Waals surface area contributed by atoms with Gasteiger partial charge in [-0.2, -0.15) is 0 Å². The molecule has 1 fully saturated rings. The van der Waals surface area contributed by atoms with Crippen molar-refractivity contribution in [1.29, 1.82) is 0 Å². The number of rotatable bonds is 5.